The third-order valence-electron chi connectivity index (χ3n) is 1.29. The summed E-state index contributed by atoms with van der Waals surface area (Å²) in [5, 5.41) is 6.40. The zero-order chi connectivity index (χ0) is 9.84. The van der Waals surface area contributed by atoms with E-state index >= 15 is 0 Å². The van der Waals surface area contributed by atoms with Gasteiger partial charge in [0.25, 0.3) is 0 Å². The van der Waals surface area contributed by atoms with Crippen LogP contribution >= 0.6 is 11.3 Å². The van der Waals surface area contributed by atoms with E-state index in [0.717, 1.165) is 16.0 Å². The Labute approximate surface area is 79.4 Å². The van der Waals surface area contributed by atoms with E-state index in [-0.39, 0.29) is 23.4 Å². The van der Waals surface area contributed by atoms with Crippen LogP contribution in [-0.4, -0.2) is 21.7 Å². The number of rotatable bonds is 3. The quantitative estimate of drug-likeness (QED) is 0.738. The van der Waals surface area contributed by atoms with Crippen LogP contribution in [0, 0.1) is 0 Å². The second-order valence-electron chi connectivity index (χ2n) is 2.88. The Kier molecular flexibility index (Phi) is 3.18. The largest absolute Gasteiger partial charge is 0.352 e. The SMILES string of the molecule is CC(C)NC(=O)Cn1ncsc1=O. The van der Waals surface area contributed by atoms with Crippen LogP contribution in [0.5, 0.6) is 0 Å². The van der Waals surface area contributed by atoms with Crippen molar-refractivity contribution in [3.05, 3.63) is 15.2 Å². The molecule has 0 spiro atoms. The van der Waals surface area contributed by atoms with E-state index < -0.39 is 0 Å². The van der Waals surface area contributed by atoms with Crippen molar-refractivity contribution in [2.45, 2.75) is 26.4 Å². The van der Waals surface area contributed by atoms with E-state index in [1.807, 2.05) is 13.8 Å². The predicted molar refractivity (Wildman–Crippen MR) is 49.7 cm³/mol. The molecular weight excluding hydrogens is 190 g/mol. The van der Waals surface area contributed by atoms with Crippen molar-refractivity contribution in [2.75, 3.05) is 0 Å². The molecule has 0 aliphatic heterocycles. The molecule has 0 fully saturated rings. The highest BCUT2D eigenvalue weighted by atomic mass is 32.1. The Bertz CT molecular complexity index is 342. The van der Waals surface area contributed by atoms with Crippen LogP contribution in [-0.2, 0) is 11.3 Å². The molecule has 0 aromatic carbocycles. The Morgan fingerprint density at radius 1 is 1.77 bits per heavy atom. The second kappa shape index (κ2) is 4.18. The molecule has 0 saturated carbocycles. The van der Waals surface area contributed by atoms with Crippen molar-refractivity contribution >= 4 is 17.2 Å². The van der Waals surface area contributed by atoms with E-state index in [2.05, 4.69) is 10.4 Å². The maximum absolute atomic E-state index is 11.2. The minimum atomic E-state index is -0.209. The number of nitrogens with zero attached hydrogens (tertiary/aromatic N) is 2. The normalized spacial score (nSPS) is 10.4. The summed E-state index contributed by atoms with van der Waals surface area (Å²) in [6, 6.07) is 0.0850. The van der Waals surface area contributed by atoms with E-state index in [1.165, 1.54) is 5.51 Å². The molecule has 0 aliphatic carbocycles. The fourth-order valence-corrected chi connectivity index (χ4v) is 1.33. The molecule has 0 atom stereocenters. The van der Waals surface area contributed by atoms with Gasteiger partial charge in [-0.2, -0.15) is 5.10 Å². The van der Waals surface area contributed by atoms with Crippen molar-refractivity contribution in [3.63, 3.8) is 0 Å². The lowest BCUT2D eigenvalue weighted by molar-refractivity contribution is -0.122. The fraction of sp³-hybridized carbons (Fsp3) is 0.571. The number of carbonyl (C=O) groups is 1. The lowest BCUT2D eigenvalue weighted by Gasteiger charge is -2.06. The van der Waals surface area contributed by atoms with Crippen LogP contribution in [0.1, 0.15) is 13.8 Å². The highest BCUT2D eigenvalue weighted by Gasteiger charge is 2.06. The molecule has 6 heteroatoms. The Morgan fingerprint density at radius 3 is 2.92 bits per heavy atom. The molecule has 13 heavy (non-hydrogen) atoms. The highest BCUT2D eigenvalue weighted by molar-refractivity contribution is 7.06. The summed E-state index contributed by atoms with van der Waals surface area (Å²) < 4.78 is 1.14. The number of aromatic nitrogens is 2. The van der Waals surface area contributed by atoms with Crippen LogP contribution in [0.15, 0.2) is 10.3 Å². The van der Waals surface area contributed by atoms with E-state index in [4.69, 9.17) is 0 Å². The van der Waals surface area contributed by atoms with E-state index in [0.29, 0.717) is 0 Å². The van der Waals surface area contributed by atoms with Crippen LogP contribution in [0.3, 0.4) is 0 Å². The molecule has 1 aromatic heterocycles. The number of hydrogen-bond donors (Lipinski definition) is 1. The van der Waals surface area contributed by atoms with Crippen LogP contribution in [0.25, 0.3) is 0 Å². The van der Waals surface area contributed by atoms with Gasteiger partial charge in [0.15, 0.2) is 0 Å². The van der Waals surface area contributed by atoms with Gasteiger partial charge in [0.05, 0.1) is 0 Å². The lowest BCUT2D eigenvalue weighted by Crippen LogP contribution is -2.35. The van der Waals surface area contributed by atoms with Gasteiger partial charge in [-0.15, -0.1) is 0 Å². The molecule has 0 unspecified atom stereocenters. The van der Waals surface area contributed by atoms with Gasteiger partial charge in [-0.05, 0) is 13.8 Å². The van der Waals surface area contributed by atoms with Gasteiger partial charge < -0.3 is 5.32 Å². The first kappa shape index (κ1) is 9.91. The first-order valence-corrected chi connectivity index (χ1v) is 4.77. The summed E-state index contributed by atoms with van der Waals surface area (Å²) >= 11 is 0.982. The summed E-state index contributed by atoms with van der Waals surface area (Å²) in [5.74, 6) is -0.192. The minimum Gasteiger partial charge on any atom is -0.352 e. The highest BCUT2D eigenvalue weighted by Crippen LogP contribution is 1.84. The Morgan fingerprint density at radius 2 is 2.46 bits per heavy atom. The van der Waals surface area contributed by atoms with Crippen LogP contribution in [0.4, 0.5) is 0 Å². The molecule has 0 bridgehead atoms. The maximum Gasteiger partial charge on any atom is 0.325 e. The van der Waals surface area contributed by atoms with Crippen molar-refractivity contribution in [1.82, 2.24) is 15.1 Å². The van der Waals surface area contributed by atoms with Gasteiger partial charge in [0, 0.05) is 6.04 Å². The molecule has 5 nitrogen and oxygen atoms in total. The average Bonchev–Trinajstić information content (AvgIpc) is 2.34. The second-order valence-corrected chi connectivity index (χ2v) is 3.68. The van der Waals surface area contributed by atoms with Crippen molar-refractivity contribution in [3.8, 4) is 0 Å². The summed E-state index contributed by atoms with van der Waals surface area (Å²) in [5.41, 5.74) is 1.42. The van der Waals surface area contributed by atoms with E-state index in [9.17, 15) is 9.59 Å². The molecule has 72 valence electrons. The molecule has 1 N–H and O–H groups in total. The Balaban J connectivity index is 2.55. The van der Waals surface area contributed by atoms with Gasteiger partial charge >= 0.3 is 4.87 Å². The maximum atomic E-state index is 11.2. The molecule has 0 aliphatic rings. The topological polar surface area (TPSA) is 64.0 Å². The first-order valence-electron chi connectivity index (χ1n) is 3.89. The minimum absolute atomic E-state index is 0.000509. The summed E-state index contributed by atoms with van der Waals surface area (Å²) in [6.07, 6.45) is 0. The molecule has 0 saturated heterocycles. The number of nitrogens with one attached hydrogen (secondary N) is 1. The standard InChI is InChI=1S/C7H11N3O2S/c1-5(2)9-6(11)3-10-7(12)13-4-8-10/h4-5H,3H2,1-2H3,(H,9,11). The number of carbonyl (C=O) groups excluding carboxylic acids is 1. The van der Waals surface area contributed by atoms with Gasteiger partial charge in [0.1, 0.15) is 12.1 Å². The number of hydrogen-bond acceptors (Lipinski definition) is 4. The molecule has 1 amide bonds. The van der Waals surface area contributed by atoms with E-state index in [1.54, 1.807) is 0 Å². The summed E-state index contributed by atoms with van der Waals surface area (Å²) in [4.78, 5) is 21.9. The fourth-order valence-electron chi connectivity index (χ4n) is 0.843. The molecule has 1 heterocycles. The summed E-state index contributed by atoms with van der Waals surface area (Å²) in [7, 11) is 0. The monoisotopic (exact) mass is 201 g/mol. The average molecular weight is 201 g/mol. The van der Waals surface area contributed by atoms with Gasteiger partial charge in [-0.3, -0.25) is 9.59 Å². The predicted octanol–water partition coefficient (Wildman–Crippen LogP) is -0.171. The third kappa shape index (κ3) is 2.98. The van der Waals surface area contributed by atoms with Gasteiger partial charge in [-0.25, -0.2) is 4.68 Å². The molecule has 1 aromatic rings. The zero-order valence-corrected chi connectivity index (χ0v) is 8.30. The van der Waals surface area contributed by atoms with Crippen molar-refractivity contribution in [2.24, 2.45) is 0 Å². The zero-order valence-electron chi connectivity index (χ0n) is 7.48. The van der Waals surface area contributed by atoms with Crippen LogP contribution < -0.4 is 10.2 Å². The third-order valence-corrected chi connectivity index (χ3v) is 1.91. The van der Waals surface area contributed by atoms with Gasteiger partial charge in [-0.1, -0.05) is 11.3 Å². The van der Waals surface area contributed by atoms with Crippen molar-refractivity contribution < 1.29 is 4.79 Å². The molecule has 0 radical (unpaired) electrons. The molecular formula is C7H11N3O2S. The first-order chi connectivity index (χ1) is 6.09. The lowest BCUT2D eigenvalue weighted by atomic mass is 10.4. The van der Waals surface area contributed by atoms with Crippen molar-refractivity contribution in [1.29, 1.82) is 0 Å². The summed E-state index contributed by atoms with van der Waals surface area (Å²) in [6.45, 7) is 3.73. The molecule has 1 rings (SSSR count). The smallest absolute Gasteiger partial charge is 0.325 e. The Hall–Kier alpha value is -1.17. The number of amides is 1. The van der Waals surface area contributed by atoms with Crippen LogP contribution in [0.2, 0.25) is 0 Å². The van der Waals surface area contributed by atoms with Gasteiger partial charge in [0.2, 0.25) is 5.91 Å².